The molecule has 1 atom stereocenters. The number of fused-ring (bicyclic) bond motifs is 3. The molecule has 1 aromatic carbocycles. The van der Waals surface area contributed by atoms with Gasteiger partial charge in [-0.15, -0.1) is 11.3 Å². The number of nitrogens with zero attached hydrogens (tertiary/aromatic N) is 3. The summed E-state index contributed by atoms with van der Waals surface area (Å²) in [7, 11) is -3.53. The average Bonchev–Trinajstić information content (AvgIpc) is 3.27. The molecule has 10 heteroatoms. The van der Waals surface area contributed by atoms with E-state index in [1.165, 1.54) is 35.0 Å². The highest BCUT2D eigenvalue weighted by atomic mass is 32.2. The van der Waals surface area contributed by atoms with Crippen molar-refractivity contribution >= 4 is 54.9 Å². The SMILES string of the molecule is CC[C@@H]1CCCCN1S(=O)(=O)c1ccc(NC(=O)CSc2ncnc3sc4c(c23)CCCC4)cc1. The van der Waals surface area contributed by atoms with Gasteiger partial charge in [-0.1, -0.05) is 25.1 Å². The number of amides is 1. The number of sulfonamides is 1. The fourth-order valence-electron chi connectivity index (χ4n) is 5.05. The third-order valence-corrected chi connectivity index (χ3v) is 11.0. The molecule has 1 aliphatic carbocycles. The lowest BCUT2D eigenvalue weighted by Crippen LogP contribution is -2.43. The van der Waals surface area contributed by atoms with E-state index in [-0.39, 0.29) is 22.6 Å². The highest BCUT2D eigenvalue weighted by Crippen LogP contribution is 2.39. The molecule has 3 heterocycles. The van der Waals surface area contributed by atoms with Crippen LogP contribution in [0.2, 0.25) is 0 Å². The maximum absolute atomic E-state index is 13.2. The van der Waals surface area contributed by atoms with Crippen LogP contribution in [0.1, 0.15) is 55.9 Å². The molecule has 2 aromatic heterocycles. The first-order chi connectivity index (χ1) is 17.0. The molecule has 5 rings (SSSR count). The predicted molar refractivity (Wildman–Crippen MR) is 142 cm³/mol. The number of benzene rings is 1. The number of piperidine rings is 1. The monoisotopic (exact) mass is 530 g/mol. The molecule has 0 spiro atoms. The van der Waals surface area contributed by atoms with Crippen molar-refractivity contribution in [2.24, 2.45) is 0 Å². The second kappa shape index (κ2) is 10.5. The molecule has 0 radical (unpaired) electrons. The zero-order valence-electron chi connectivity index (χ0n) is 19.8. The molecule has 3 aromatic rings. The molecule has 1 saturated heterocycles. The summed E-state index contributed by atoms with van der Waals surface area (Å²) in [6.45, 7) is 2.61. The summed E-state index contributed by atoms with van der Waals surface area (Å²) in [5.41, 5.74) is 1.94. The maximum atomic E-state index is 13.2. The summed E-state index contributed by atoms with van der Waals surface area (Å²) in [6, 6.07) is 6.57. The van der Waals surface area contributed by atoms with Gasteiger partial charge in [-0.2, -0.15) is 4.31 Å². The first-order valence-corrected chi connectivity index (χ1v) is 15.5. The van der Waals surface area contributed by atoms with Crippen LogP contribution in [0.25, 0.3) is 10.2 Å². The number of nitrogens with one attached hydrogen (secondary N) is 1. The average molecular weight is 531 g/mol. The Morgan fingerprint density at radius 1 is 1.14 bits per heavy atom. The van der Waals surface area contributed by atoms with Gasteiger partial charge < -0.3 is 5.32 Å². The van der Waals surface area contributed by atoms with Gasteiger partial charge in [-0.25, -0.2) is 18.4 Å². The fraction of sp³-hybridized carbons (Fsp3) is 0.480. The maximum Gasteiger partial charge on any atom is 0.243 e. The van der Waals surface area contributed by atoms with E-state index in [2.05, 4.69) is 15.3 Å². The van der Waals surface area contributed by atoms with Gasteiger partial charge in [-0.3, -0.25) is 4.79 Å². The van der Waals surface area contributed by atoms with Gasteiger partial charge in [0.05, 0.1) is 10.6 Å². The number of hydrogen-bond donors (Lipinski definition) is 1. The summed E-state index contributed by atoms with van der Waals surface area (Å²) in [5, 5.41) is 4.86. The van der Waals surface area contributed by atoms with Crippen LogP contribution in [-0.4, -0.2) is 46.9 Å². The Morgan fingerprint density at radius 3 is 2.74 bits per heavy atom. The summed E-state index contributed by atoms with van der Waals surface area (Å²) in [6.07, 6.45) is 9.83. The number of hydrogen-bond acceptors (Lipinski definition) is 7. The molecule has 1 N–H and O–H groups in total. The van der Waals surface area contributed by atoms with Crippen molar-refractivity contribution in [1.29, 1.82) is 0 Å². The van der Waals surface area contributed by atoms with Gasteiger partial charge in [-0.05, 0) is 74.8 Å². The van der Waals surface area contributed by atoms with E-state index < -0.39 is 10.0 Å². The van der Waals surface area contributed by atoms with Gasteiger partial charge in [0.1, 0.15) is 16.2 Å². The second-order valence-corrected chi connectivity index (χ2v) is 13.0. The highest BCUT2D eigenvalue weighted by molar-refractivity contribution is 8.00. The molecule has 186 valence electrons. The van der Waals surface area contributed by atoms with Crippen LogP contribution in [0.15, 0.2) is 40.5 Å². The molecule has 1 aliphatic heterocycles. The molecule has 1 fully saturated rings. The number of thiophene rings is 1. The summed E-state index contributed by atoms with van der Waals surface area (Å²) in [4.78, 5) is 24.3. The summed E-state index contributed by atoms with van der Waals surface area (Å²) in [5.74, 6) is 0.0754. The number of thioether (sulfide) groups is 1. The van der Waals surface area contributed by atoms with Gasteiger partial charge in [0.15, 0.2) is 0 Å². The Hall–Kier alpha value is -2.01. The molecule has 0 saturated carbocycles. The van der Waals surface area contributed by atoms with E-state index in [1.807, 2.05) is 6.92 Å². The summed E-state index contributed by atoms with van der Waals surface area (Å²) < 4.78 is 28.0. The van der Waals surface area contributed by atoms with Crippen LogP contribution >= 0.6 is 23.1 Å². The van der Waals surface area contributed by atoms with E-state index in [4.69, 9.17) is 0 Å². The lowest BCUT2D eigenvalue weighted by Gasteiger charge is -2.34. The van der Waals surface area contributed by atoms with Crippen LogP contribution in [0.5, 0.6) is 0 Å². The van der Waals surface area contributed by atoms with E-state index in [0.717, 1.165) is 53.8 Å². The molecule has 1 amide bonds. The Balaban J connectivity index is 1.24. The van der Waals surface area contributed by atoms with Gasteiger partial charge in [0, 0.05) is 28.5 Å². The van der Waals surface area contributed by atoms with E-state index >= 15 is 0 Å². The quantitative estimate of drug-likeness (QED) is 0.331. The normalized spacial score (nSPS) is 18.9. The number of aromatic nitrogens is 2. The lowest BCUT2D eigenvalue weighted by molar-refractivity contribution is -0.113. The van der Waals surface area contributed by atoms with Gasteiger partial charge in [0.2, 0.25) is 15.9 Å². The predicted octanol–water partition coefficient (Wildman–Crippen LogP) is 5.25. The fourth-order valence-corrected chi connectivity index (χ4v) is 8.93. The lowest BCUT2D eigenvalue weighted by atomic mass is 9.97. The minimum absolute atomic E-state index is 0.0623. The minimum atomic E-state index is -3.53. The standard InChI is InChI=1S/C25H30N4O3S3/c1-2-18-7-5-6-14-29(18)35(31,32)19-12-10-17(11-13-19)28-22(30)15-33-24-23-20-8-3-4-9-21(20)34-25(23)27-16-26-24/h10-13,16,18H,2-9,14-15H2,1H3,(H,28,30)/t18-/m1/s1. The van der Waals surface area contributed by atoms with Crippen molar-refractivity contribution in [1.82, 2.24) is 14.3 Å². The smallest absolute Gasteiger partial charge is 0.243 e. The molecular weight excluding hydrogens is 501 g/mol. The van der Waals surface area contributed by atoms with Crippen molar-refractivity contribution in [3.63, 3.8) is 0 Å². The van der Waals surface area contributed by atoms with Crippen molar-refractivity contribution in [2.75, 3.05) is 17.6 Å². The van der Waals surface area contributed by atoms with Crippen molar-refractivity contribution in [3.05, 3.63) is 41.0 Å². The second-order valence-electron chi connectivity index (χ2n) is 9.10. The van der Waals surface area contributed by atoms with E-state index in [1.54, 1.807) is 46.2 Å². The topological polar surface area (TPSA) is 92.3 Å². The third kappa shape index (κ3) is 5.12. The Labute approximate surface area is 214 Å². The number of carbonyl (C=O) groups excluding carboxylic acids is 1. The molecular formula is C25H30N4O3S3. The van der Waals surface area contributed by atoms with Crippen molar-refractivity contribution in [2.45, 2.75) is 74.3 Å². The first kappa shape index (κ1) is 24.7. The van der Waals surface area contributed by atoms with Crippen LogP contribution in [-0.2, 0) is 27.7 Å². The van der Waals surface area contributed by atoms with Crippen molar-refractivity contribution in [3.8, 4) is 0 Å². The zero-order valence-corrected chi connectivity index (χ0v) is 22.3. The zero-order chi connectivity index (χ0) is 24.4. The van der Waals surface area contributed by atoms with E-state index in [9.17, 15) is 13.2 Å². The Morgan fingerprint density at radius 2 is 1.94 bits per heavy atom. The Bertz CT molecular complexity index is 1320. The number of carbonyl (C=O) groups is 1. The molecule has 35 heavy (non-hydrogen) atoms. The Kier molecular flexibility index (Phi) is 7.43. The largest absolute Gasteiger partial charge is 0.325 e. The number of anilines is 1. The minimum Gasteiger partial charge on any atom is -0.325 e. The van der Waals surface area contributed by atoms with Crippen LogP contribution < -0.4 is 5.32 Å². The van der Waals surface area contributed by atoms with Crippen LogP contribution in [0.4, 0.5) is 5.69 Å². The van der Waals surface area contributed by atoms with Crippen LogP contribution in [0, 0.1) is 0 Å². The van der Waals surface area contributed by atoms with E-state index in [0.29, 0.717) is 12.2 Å². The van der Waals surface area contributed by atoms with Crippen molar-refractivity contribution < 1.29 is 13.2 Å². The highest BCUT2D eigenvalue weighted by Gasteiger charge is 2.32. The number of rotatable bonds is 7. The molecule has 0 bridgehead atoms. The van der Waals surface area contributed by atoms with Gasteiger partial charge >= 0.3 is 0 Å². The number of aryl methyl sites for hydroxylation is 2. The first-order valence-electron chi connectivity index (χ1n) is 12.3. The van der Waals surface area contributed by atoms with Gasteiger partial charge in [0.25, 0.3) is 0 Å². The molecule has 7 nitrogen and oxygen atoms in total. The van der Waals surface area contributed by atoms with Crippen LogP contribution in [0.3, 0.4) is 0 Å². The summed E-state index contributed by atoms with van der Waals surface area (Å²) >= 11 is 3.17. The third-order valence-electron chi connectivity index (χ3n) is 6.85. The molecule has 0 unspecified atom stereocenters. The molecule has 2 aliphatic rings.